The van der Waals surface area contributed by atoms with Crippen LogP contribution in [-0.2, 0) is 14.8 Å². The van der Waals surface area contributed by atoms with Gasteiger partial charge in [-0.15, -0.1) is 0 Å². The minimum atomic E-state index is -3.33. The number of hydrogen-bond acceptors (Lipinski definition) is 7. The molecule has 0 radical (unpaired) electrons. The largest absolute Gasteiger partial charge is 0.302 e. The fourth-order valence-corrected chi connectivity index (χ4v) is 5.32. The van der Waals surface area contributed by atoms with Gasteiger partial charge in [0.1, 0.15) is 6.07 Å². The van der Waals surface area contributed by atoms with Gasteiger partial charge in [0.15, 0.2) is 0 Å². The van der Waals surface area contributed by atoms with Crippen LogP contribution in [0.5, 0.6) is 0 Å². The highest BCUT2D eigenvalue weighted by atomic mass is 32.2. The Bertz CT molecular complexity index is 1410. The number of nitrogens with zero attached hydrogens (tertiary/aromatic N) is 4. The van der Waals surface area contributed by atoms with Gasteiger partial charge < -0.3 is 0 Å². The Balaban J connectivity index is 1.58. The van der Waals surface area contributed by atoms with E-state index in [1.54, 1.807) is 54.6 Å². The SMILES string of the molecule is N#CC(=NNc1ccccc1)C(=O)N/N=C(/c1ccccc1)c1ccc(N2CCCCS2(=O)=O)cc1. The summed E-state index contributed by atoms with van der Waals surface area (Å²) in [5.41, 5.74) is 7.75. The van der Waals surface area contributed by atoms with E-state index in [1.165, 1.54) is 4.31 Å². The molecule has 0 atom stereocenters. The second-order valence-electron chi connectivity index (χ2n) is 7.96. The molecular weight excluding hydrogens is 476 g/mol. The number of nitriles is 1. The zero-order chi connectivity index (χ0) is 25.4. The van der Waals surface area contributed by atoms with E-state index >= 15 is 0 Å². The van der Waals surface area contributed by atoms with E-state index in [4.69, 9.17) is 0 Å². The van der Waals surface area contributed by atoms with Crippen molar-refractivity contribution in [1.82, 2.24) is 5.43 Å². The summed E-state index contributed by atoms with van der Waals surface area (Å²) in [4.78, 5) is 12.6. The van der Waals surface area contributed by atoms with Crippen LogP contribution in [0.25, 0.3) is 0 Å². The number of anilines is 2. The highest BCUT2D eigenvalue weighted by Gasteiger charge is 2.26. The Morgan fingerprint density at radius 3 is 2.14 bits per heavy atom. The van der Waals surface area contributed by atoms with Gasteiger partial charge in [-0.05, 0) is 37.1 Å². The number of amides is 1. The van der Waals surface area contributed by atoms with Crippen LogP contribution in [0.15, 0.2) is 95.1 Å². The molecule has 3 aromatic carbocycles. The predicted molar refractivity (Wildman–Crippen MR) is 140 cm³/mol. The van der Waals surface area contributed by atoms with Crippen molar-refractivity contribution in [3.05, 3.63) is 96.1 Å². The Morgan fingerprint density at radius 1 is 0.861 bits per heavy atom. The lowest BCUT2D eigenvalue weighted by molar-refractivity contribution is -0.114. The zero-order valence-corrected chi connectivity index (χ0v) is 20.1. The average molecular weight is 501 g/mol. The third-order valence-corrected chi connectivity index (χ3v) is 7.36. The molecule has 182 valence electrons. The topological polar surface area (TPSA) is 127 Å². The van der Waals surface area contributed by atoms with E-state index in [1.807, 2.05) is 36.4 Å². The van der Waals surface area contributed by atoms with Crippen LogP contribution in [0.4, 0.5) is 11.4 Å². The minimum absolute atomic E-state index is 0.138. The normalized spacial score (nSPS) is 15.6. The number of carbonyl (C=O) groups is 1. The van der Waals surface area contributed by atoms with Gasteiger partial charge in [0.05, 0.1) is 22.8 Å². The maximum atomic E-state index is 12.6. The van der Waals surface area contributed by atoms with E-state index in [9.17, 15) is 18.5 Å². The van der Waals surface area contributed by atoms with Crippen molar-refractivity contribution in [2.75, 3.05) is 22.0 Å². The third kappa shape index (κ3) is 5.95. The summed E-state index contributed by atoms with van der Waals surface area (Å²) < 4.78 is 26.3. The van der Waals surface area contributed by atoms with Gasteiger partial charge in [-0.1, -0.05) is 60.7 Å². The second kappa shape index (κ2) is 11.3. The highest BCUT2D eigenvalue weighted by molar-refractivity contribution is 7.92. The van der Waals surface area contributed by atoms with Gasteiger partial charge >= 0.3 is 5.91 Å². The molecule has 1 amide bonds. The molecule has 1 aliphatic heterocycles. The van der Waals surface area contributed by atoms with Crippen molar-refractivity contribution in [2.24, 2.45) is 10.2 Å². The van der Waals surface area contributed by atoms with Gasteiger partial charge in [0.2, 0.25) is 15.7 Å². The minimum Gasteiger partial charge on any atom is -0.277 e. The van der Waals surface area contributed by atoms with Crippen molar-refractivity contribution >= 4 is 38.7 Å². The van der Waals surface area contributed by atoms with Crippen LogP contribution < -0.4 is 15.2 Å². The number of carbonyl (C=O) groups excluding carboxylic acids is 1. The van der Waals surface area contributed by atoms with Crippen molar-refractivity contribution in [3.63, 3.8) is 0 Å². The van der Waals surface area contributed by atoms with Crippen LogP contribution in [0.2, 0.25) is 0 Å². The number of sulfonamides is 1. The summed E-state index contributed by atoms with van der Waals surface area (Å²) >= 11 is 0. The first kappa shape index (κ1) is 24.6. The van der Waals surface area contributed by atoms with Gasteiger partial charge in [-0.25, -0.2) is 13.8 Å². The molecule has 0 aromatic heterocycles. The number of nitrogens with one attached hydrogen (secondary N) is 2. The summed E-state index contributed by atoms with van der Waals surface area (Å²) in [5.74, 6) is -0.634. The molecule has 0 aliphatic carbocycles. The molecule has 1 aliphatic rings. The molecule has 0 bridgehead atoms. The Labute approximate surface area is 209 Å². The van der Waals surface area contributed by atoms with Crippen molar-refractivity contribution in [1.29, 1.82) is 5.26 Å². The lowest BCUT2D eigenvalue weighted by Crippen LogP contribution is -2.37. The molecule has 0 spiro atoms. The lowest BCUT2D eigenvalue weighted by Gasteiger charge is -2.28. The standard InChI is InChI=1S/C26H24N6O3S/c27-19-24(29-28-22-11-5-2-6-12-22)26(33)31-30-25(20-9-3-1-4-10-20)21-13-15-23(16-14-21)32-17-7-8-18-36(32,34)35/h1-6,9-16,28H,7-8,17-18H2,(H,31,33)/b29-24?,30-25-. The number of benzene rings is 3. The first-order chi connectivity index (χ1) is 17.5. The van der Waals surface area contributed by atoms with Gasteiger partial charge in [-0.3, -0.25) is 14.5 Å². The summed E-state index contributed by atoms with van der Waals surface area (Å²) in [6.45, 7) is 0.449. The summed E-state index contributed by atoms with van der Waals surface area (Å²) in [6, 6.07) is 26.9. The van der Waals surface area contributed by atoms with Gasteiger partial charge in [0, 0.05) is 17.7 Å². The maximum Gasteiger partial charge on any atom is 0.302 e. The number of hydrogen-bond donors (Lipinski definition) is 2. The van der Waals surface area contributed by atoms with E-state index in [2.05, 4.69) is 21.1 Å². The van der Waals surface area contributed by atoms with Crippen LogP contribution in [-0.4, -0.2) is 38.0 Å². The third-order valence-electron chi connectivity index (χ3n) is 5.49. The predicted octanol–water partition coefficient (Wildman–Crippen LogP) is 3.48. The Hall–Kier alpha value is -4.49. The average Bonchev–Trinajstić information content (AvgIpc) is 2.90. The molecule has 1 fully saturated rings. The van der Waals surface area contributed by atoms with Crippen LogP contribution in [0.1, 0.15) is 24.0 Å². The van der Waals surface area contributed by atoms with E-state index in [-0.39, 0.29) is 11.5 Å². The van der Waals surface area contributed by atoms with Crippen molar-refractivity contribution in [3.8, 4) is 6.07 Å². The first-order valence-corrected chi connectivity index (χ1v) is 12.9. The molecule has 9 nitrogen and oxygen atoms in total. The van der Waals surface area contributed by atoms with Crippen LogP contribution in [0, 0.1) is 11.3 Å². The molecule has 4 rings (SSSR count). The Morgan fingerprint density at radius 2 is 1.50 bits per heavy atom. The zero-order valence-electron chi connectivity index (χ0n) is 19.3. The molecule has 10 heteroatoms. The number of hydrazone groups is 2. The van der Waals surface area contributed by atoms with E-state index in [0.29, 0.717) is 35.6 Å². The molecular formula is C26H24N6O3S. The van der Waals surface area contributed by atoms with E-state index < -0.39 is 15.9 Å². The fraction of sp³-hybridized carbons (Fsp3) is 0.154. The quantitative estimate of drug-likeness (QED) is 0.379. The van der Waals surface area contributed by atoms with Gasteiger partial charge in [0.25, 0.3) is 0 Å². The molecule has 2 N–H and O–H groups in total. The number of para-hydroxylation sites is 1. The second-order valence-corrected chi connectivity index (χ2v) is 9.97. The fourth-order valence-electron chi connectivity index (χ4n) is 3.68. The van der Waals surface area contributed by atoms with Gasteiger partial charge in [-0.2, -0.15) is 15.5 Å². The molecule has 1 heterocycles. The smallest absolute Gasteiger partial charge is 0.277 e. The summed E-state index contributed by atoms with van der Waals surface area (Å²) in [7, 11) is -3.33. The highest BCUT2D eigenvalue weighted by Crippen LogP contribution is 2.24. The molecule has 0 saturated carbocycles. The Kier molecular flexibility index (Phi) is 7.72. The first-order valence-electron chi connectivity index (χ1n) is 11.3. The lowest BCUT2D eigenvalue weighted by atomic mass is 10.0. The molecule has 3 aromatic rings. The van der Waals surface area contributed by atoms with Crippen LogP contribution >= 0.6 is 0 Å². The van der Waals surface area contributed by atoms with E-state index in [0.717, 1.165) is 12.0 Å². The molecule has 1 saturated heterocycles. The monoisotopic (exact) mass is 500 g/mol. The van der Waals surface area contributed by atoms with Crippen molar-refractivity contribution in [2.45, 2.75) is 12.8 Å². The summed E-state index contributed by atoms with van der Waals surface area (Å²) in [6.07, 6.45) is 1.47. The summed E-state index contributed by atoms with van der Waals surface area (Å²) in [5, 5.41) is 17.5. The molecule has 36 heavy (non-hydrogen) atoms. The van der Waals surface area contributed by atoms with Crippen molar-refractivity contribution < 1.29 is 13.2 Å². The maximum absolute atomic E-state index is 12.6. The van der Waals surface area contributed by atoms with Crippen LogP contribution in [0.3, 0.4) is 0 Å². The molecule has 0 unspecified atom stereocenters. The number of rotatable bonds is 7.